The standard InChI is InChI=1S/C18H23NO/c1-14(2)16-9-5-6-10-17(16)19-12-13-20-18-11-7-4-8-15(18)3/h4-11,14,19H,12-13H2,1-3H3. The van der Waals surface area contributed by atoms with Gasteiger partial charge in [0.2, 0.25) is 0 Å². The Balaban J connectivity index is 1.86. The van der Waals surface area contributed by atoms with Gasteiger partial charge in [0.25, 0.3) is 0 Å². The first-order valence-corrected chi connectivity index (χ1v) is 7.19. The molecule has 2 rings (SSSR count). The van der Waals surface area contributed by atoms with Crippen molar-refractivity contribution in [1.82, 2.24) is 0 Å². The molecule has 0 spiro atoms. The van der Waals surface area contributed by atoms with Crippen LogP contribution in [0.5, 0.6) is 5.75 Å². The third kappa shape index (κ3) is 3.77. The molecule has 0 bridgehead atoms. The number of hydrogen-bond acceptors (Lipinski definition) is 2. The van der Waals surface area contributed by atoms with Gasteiger partial charge in [-0.2, -0.15) is 0 Å². The van der Waals surface area contributed by atoms with E-state index in [4.69, 9.17) is 4.74 Å². The second-order valence-corrected chi connectivity index (χ2v) is 5.28. The van der Waals surface area contributed by atoms with E-state index in [1.165, 1.54) is 16.8 Å². The molecule has 106 valence electrons. The maximum Gasteiger partial charge on any atom is 0.122 e. The molecule has 0 aliphatic heterocycles. The third-order valence-electron chi connectivity index (χ3n) is 3.35. The minimum Gasteiger partial charge on any atom is -0.491 e. The van der Waals surface area contributed by atoms with Gasteiger partial charge in [0.05, 0.1) is 0 Å². The molecule has 0 radical (unpaired) electrons. The lowest BCUT2D eigenvalue weighted by atomic mass is 10.0. The molecule has 0 aromatic heterocycles. The number of aryl methyl sites for hydroxylation is 1. The predicted molar refractivity (Wildman–Crippen MR) is 85.7 cm³/mol. The molecule has 2 aromatic rings. The molecule has 2 aromatic carbocycles. The highest BCUT2D eigenvalue weighted by Gasteiger charge is 2.05. The largest absolute Gasteiger partial charge is 0.491 e. The number of para-hydroxylation sites is 2. The molecule has 0 saturated heterocycles. The van der Waals surface area contributed by atoms with Gasteiger partial charge in [-0.15, -0.1) is 0 Å². The van der Waals surface area contributed by atoms with Crippen LogP contribution in [-0.2, 0) is 0 Å². The van der Waals surface area contributed by atoms with Crippen molar-refractivity contribution in [2.45, 2.75) is 26.7 Å². The van der Waals surface area contributed by atoms with Crippen molar-refractivity contribution in [2.75, 3.05) is 18.5 Å². The van der Waals surface area contributed by atoms with Gasteiger partial charge in [-0.05, 0) is 36.1 Å². The quantitative estimate of drug-likeness (QED) is 0.773. The van der Waals surface area contributed by atoms with Crippen LogP contribution in [-0.4, -0.2) is 13.2 Å². The topological polar surface area (TPSA) is 21.3 Å². The molecule has 0 heterocycles. The van der Waals surface area contributed by atoms with E-state index >= 15 is 0 Å². The maximum absolute atomic E-state index is 5.80. The predicted octanol–water partition coefficient (Wildman–Crippen LogP) is 4.61. The molecule has 2 nitrogen and oxygen atoms in total. The first kappa shape index (κ1) is 14.4. The van der Waals surface area contributed by atoms with Gasteiger partial charge in [0.15, 0.2) is 0 Å². The van der Waals surface area contributed by atoms with Gasteiger partial charge in [-0.1, -0.05) is 50.2 Å². The summed E-state index contributed by atoms with van der Waals surface area (Å²) in [5.41, 5.74) is 3.73. The molecule has 0 amide bonds. The van der Waals surface area contributed by atoms with Crippen molar-refractivity contribution in [1.29, 1.82) is 0 Å². The Labute approximate surface area is 121 Å². The number of hydrogen-bond donors (Lipinski definition) is 1. The van der Waals surface area contributed by atoms with Gasteiger partial charge in [0, 0.05) is 12.2 Å². The number of benzene rings is 2. The molecule has 2 heteroatoms. The molecular weight excluding hydrogens is 246 g/mol. The lowest BCUT2D eigenvalue weighted by molar-refractivity contribution is 0.330. The van der Waals surface area contributed by atoms with Crippen molar-refractivity contribution in [3.05, 3.63) is 59.7 Å². The lowest BCUT2D eigenvalue weighted by Crippen LogP contribution is -2.13. The molecule has 0 aliphatic carbocycles. The monoisotopic (exact) mass is 269 g/mol. The summed E-state index contributed by atoms with van der Waals surface area (Å²) in [6.45, 7) is 7.96. The van der Waals surface area contributed by atoms with E-state index in [1.54, 1.807) is 0 Å². The normalized spacial score (nSPS) is 10.6. The Bertz CT molecular complexity index is 549. The highest BCUT2D eigenvalue weighted by Crippen LogP contribution is 2.23. The minimum atomic E-state index is 0.524. The molecule has 0 fully saturated rings. The zero-order valence-corrected chi connectivity index (χ0v) is 12.5. The second kappa shape index (κ2) is 6.99. The summed E-state index contributed by atoms with van der Waals surface area (Å²) in [4.78, 5) is 0. The second-order valence-electron chi connectivity index (χ2n) is 5.28. The summed E-state index contributed by atoms with van der Waals surface area (Å²) < 4.78 is 5.80. The molecule has 0 atom stereocenters. The van der Waals surface area contributed by atoms with Crippen LogP contribution in [0.1, 0.15) is 30.9 Å². The molecule has 0 saturated carbocycles. The van der Waals surface area contributed by atoms with Crippen LogP contribution in [0.25, 0.3) is 0 Å². The van der Waals surface area contributed by atoms with E-state index in [9.17, 15) is 0 Å². The van der Waals surface area contributed by atoms with Crippen molar-refractivity contribution in [2.24, 2.45) is 0 Å². The summed E-state index contributed by atoms with van der Waals surface area (Å²) in [7, 11) is 0. The van der Waals surface area contributed by atoms with Gasteiger partial charge in [-0.25, -0.2) is 0 Å². The van der Waals surface area contributed by atoms with Crippen molar-refractivity contribution < 1.29 is 4.74 Å². The van der Waals surface area contributed by atoms with Crippen LogP contribution in [0, 0.1) is 6.92 Å². The van der Waals surface area contributed by atoms with Crippen LogP contribution in [0.4, 0.5) is 5.69 Å². The minimum absolute atomic E-state index is 0.524. The number of ether oxygens (including phenoxy) is 1. The van der Waals surface area contributed by atoms with Gasteiger partial charge in [-0.3, -0.25) is 0 Å². The Morgan fingerprint density at radius 1 is 1.00 bits per heavy atom. The fourth-order valence-corrected chi connectivity index (χ4v) is 2.23. The number of anilines is 1. The van der Waals surface area contributed by atoms with Crippen LogP contribution < -0.4 is 10.1 Å². The Morgan fingerprint density at radius 2 is 1.70 bits per heavy atom. The summed E-state index contributed by atoms with van der Waals surface area (Å²) >= 11 is 0. The number of rotatable bonds is 6. The highest BCUT2D eigenvalue weighted by atomic mass is 16.5. The SMILES string of the molecule is Cc1ccccc1OCCNc1ccccc1C(C)C. The summed E-state index contributed by atoms with van der Waals surface area (Å²) in [5.74, 6) is 1.49. The molecule has 1 N–H and O–H groups in total. The van der Waals surface area contributed by atoms with E-state index in [0.29, 0.717) is 12.5 Å². The van der Waals surface area contributed by atoms with Gasteiger partial charge < -0.3 is 10.1 Å². The molecule has 0 unspecified atom stereocenters. The molecular formula is C18H23NO. The average molecular weight is 269 g/mol. The third-order valence-corrected chi connectivity index (χ3v) is 3.35. The van der Waals surface area contributed by atoms with E-state index in [0.717, 1.165) is 12.3 Å². The number of nitrogens with one attached hydrogen (secondary N) is 1. The van der Waals surface area contributed by atoms with E-state index in [-0.39, 0.29) is 0 Å². The zero-order valence-electron chi connectivity index (χ0n) is 12.5. The van der Waals surface area contributed by atoms with Crippen LogP contribution in [0.15, 0.2) is 48.5 Å². The van der Waals surface area contributed by atoms with E-state index < -0.39 is 0 Å². The summed E-state index contributed by atoms with van der Waals surface area (Å²) in [6, 6.07) is 16.6. The summed E-state index contributed by atoms with van der Waals surface area (Å²) in [5, 5.41) is 3.46. The van der Waals surface area contributed by atoms with E-state index in [2.05, 4.69) is 56.4 Å². The average Bonchev–Trinajstić information content (AvgIpc) is 2.45. The fraction of sp³-hybridized carbons (Fsp3) is 0.333. The Morgan fingerprint density at radius 3 is 2.45 bits per heavy atom. The highest BCUT2D eigenvalue weighted by molar-refractivity contribution is 5.52. The van der Waals surface area contributed by atoms with Crippen LogP contribution in [0.2, 0.25) is 0 Å². The van der Waals surface area contributed by atoms with Crippen molar-refractivity contribution in [3.8, 4) is 5.75 Å². The molecule has 0 aliphatic rings. The van der Waals surface area contributed by atoms with Crippen molar-refractivity contribution >= 4 is 5.69 Å². The fourth-order valence-electron chi connectivity index (χ4n) is 2.23. The first-order valence-electron chi connectivity index (χ1n) is 7.19. The summed E-state index contributed by atoms with van der Waals surface area (Å²) in [6.07, 6.45) is 0. The van der Waals surface area contributed by atoms with Crippen molar-refractivity contribution in [3.63, 3.8) is 0 Å². The van der Waals surface area contributed by atoms with Crippen LogP contribution >= 0.6 is 0 Å². The van der Waals surface area contributed by atoms with Gasteiger partial charge in [0.1, 0.15) is 12.4 Å². The molecule has 20 heavy (non-hydrogen) atoms. The lowest BCUT2D eigenvalue weighted by Gasteiger charge is -2.15. The van der Waals surface area contributed by atoms with E-state index in [1.807, 2.05) is 18.2 Å². The van der Waals surface area contributed by atoms with Crippen LogP contribution in [0.3, 0.4) is 0 Å². The Kier molecular flexibility index (Phi) is 5.05. The first-order chi connectivity index (χ1) is 9.68. The zero-order chi connectivity index (χ0) is 14.4. The Hall–Kier alpha value is -1.96. The van der Waals surface area contributed by atoms with Gasteiger partial charge >= 0.3 is 0 Å². The maximum atomic E-state index is 5.80. The smallest absolute Gasteiger partial charge is 0.122 e.